The van der Waals surface area contributed by atoms with Gasteiger partial charge in [-0.25, -0.2) is 4.68 Å². The quantitative estimate of drug-likeness (QED) is 0.541. The number of anilines is 2. The first-order valence-corrected chi connectivity index (χ1v) is 3.39. The van der Waals surface area contributed by atoms with E-state index in [0.29, 0.717) is 24.6 Å². The lowest BCUT2D eigenvalue weighted by molar-refractivity contribution is -0.116. The number of nitrogen functional groups attached to an aromatic ring is 1. The van der Waals surface area contributed by atoms with Crippen molar-refractivity contribution in [1.29, 1.82) is 0 Å². The number of hydrogen-bond acceptors (Lipinski definition) is 3. The maximum atomic E-state index is 10.8. The van der Waals surface area contributed by atoms with Crippen molar-refractivity contribution in [2.24, 2.45) is 0 Å². The minimum Gasteiger partial charge on any atom is -0.382 e. The number of hydrogen-bond donors (Lipinski definition) is 2. The van der Waals surface area contributed by atoms with Crippen molar-refractivity contribution < 1.29 is 4.79 Å². The van der Waals surface area contributed by atoms with Crippen LogP contribution in [0.1, 0.15) is 6.42 Å². The zero-order chi connectivity index (χ0) is 7.84. The second-order valence-electron chi connectivity index (χ2n) is 2.48. The van der Waals surface area contributed by atoms with Crippen LogP contribution in [0.2, 0.25) is 0 Å². The van der Waals surface area contributed by atoms with E-state index in [0.717, 1.165) is 0 Å². The van der Waals surface area contributed by atoms with E-state index in [1.54, 1.807) is 10.7 Å². The van der Waals surface area contributed by atoms with Gasteiger partial charge >= 0.3 is 0 Å². The molecule has 0 aromatic carbocycles. The van der Waals surface area contributed by atoms with Gasteiger partial charge in [0, 0.05) is 12.5 Å². The van der Waals surface area contributed by atoms with Gasteiger partial charge in [0.2, 0.25) is 5.91 Å². The molecule has 0 saturated heterocycles. The second-order valence-corrected chi connectivity index (χ2v) is 2.48. The molecule has 5 nitrogen and oxygen atoms in total. The zero-order valence-electron chi connectivity index (χ0n) is 5.87. The molecule has 1 aromatic rings. The molecule has 1 amide bonds. The fourth-order valence-electron chi connectivity index (χ4n) is 1.12. The third kappa shape index (κ3) is 0.938. The molecule has 0 atom stereocenters. The third-order valence-corrected chi connectivity index (χ3v) is 1.62. The first-order valence-electron chi connectivity index (χ1n) is 3.39. The van der Waals surface area contributed by atoms with Crippen LogP contribution in [0.5, 0.6) is 0 Å². The topological polar surface area (TPSA) is 72.9 Å². The van der Waals surface area contributed by atoms with Gasteiger partial charge < -0.3 is 11.1 Å². The third-order valence-electron chi connectivity index (χ3n) is 1.62. The lowest BCUT2D eigenvalue weighted by Gasteiger charge is -2.12. The minimum absolute atomic E-state index is 0.0254. The Kier molecular flexibility index (Phi) is 1.12. The summed E-state index contributed by atoms with van der Waals surface area (Å²) in [5.74, 6) is 1.17. The predicted molar refractivity (Wildman–Crippen MR) is 39.9 cm³/mol. The molecule has 0 unspecified atom stereocenters. The number of rotatable bonds is 0. The molecular weight excluding hydrogens is 144 g/mol. The first-order chi connectivity index (χ1) is 5.25. The van der Waals surface area contributed by atoms with Crippen molar-refractivity contribution >= 4 is 17.5 Å². The Morgan fingerprint density at radius 3 is 3.36 bits per heavy atom. The maximum absolute atomic E-state index is 10.8. The van der Waals surface area contributed by atoms with Gasteiger partial charge in [-0.3, -0.25) is 4.79 Å². The predicted octanol–water partition coefficient (Wildman–Crippen LogP) is -0.193. The molecule has 0 saturated carbocycles. The van der Waals surface area contributed by atoms with Crippen LogP contribution in [0.15, 0.2) is 6.07 Å². The molecule has 1 aliphatic heterocycles. The Morgan fingerprint density at radius 1 is 1.73 bits per heavy atom. The van der Waals surface area contributed by atoms with Crippen LogP contribution in [-0.4, -0.2) is 15.7 Å². The number of amides is 1. The van der Waals surface area contributed by atoms with Crippen molar-refractivity contribution in [1.82, 2.24) is 9.78 Å². The highest BCUT2D eigenvalue weighted by molar-refractivity contribution is 5.91. The van der Waals surface area contributed by atoms with Gasteiger partial charge in [-0.15, -0.1) is 0 Å². The van der Waals surface area contributed by atoms with Crippen LogP contribution in [0.3, 0.4) is 0 Å². The van der Waals surface area contributed by atoms with Crippen LogP contribution in [-0.2, 0) is 11.3 Å². The van der Waals surface area contributed by atoms with Gasteiger partial charge in [0.25, 0.3) is 0 Å². The van der Waals surface area contributed by atoms with E-state index in [9.17, 15) is 4.79 Å². The zero-order valence-corrected chi connectivity index (χ0v) is 5.87. The molecule has 58 valence electrons. The van der Waals surface area contributed by atoms with Crippen molar-refractivity contribution in [3.63, 3.8) is 0 Å². The summed E-state index contributed by atoms with van der Waals surface area (Å²) in [5.41, 5.74) is 5.42. The number of aryl methyl sites for hydroxylation is 1. The van der Waals surface area contributed by atoms with Crippen molar-refractivity contribution in [3.05, 3.63) is 6.07 Å². The lowest BCUT2D eigenvalue weighted by Crippen LogP contribution is -2.23. The molecular formula is C6H8N4O. The monoisotopic (exact) mass is 152 g/mol. The summed E-state index contributed by atoms with van der Waals surface area (Å²) in [7, 11) is 0. The van der Waals surface area contributed by atoms with Gasteiger partial charge in [0.05, 0.1) is 6.54 Å². The number of nitrogens with zero attached hydrogens (tertiary/aromatic N) is 2. The van der Waals surface area contributed by atoms with Crippen LogP contribution >= 0.6 is 0 Å². The Balaban J connectivity index is 2.41. The first kappa shape index (κ1) is 6.21. The van der Waals surface area contributed by atoms with Crippen LogP contribution in [0.25, 0.3) is 0 Å². The highest BCUT2D eigenvalue weighted by atomic mass is 16.1. The van der Waals surface area contributed by atoms with Gasteiger partial charge in [0.15, 0.2) is 0 Å². The van der Waals surface area contributed by atoms with E-state index < -0.39 is 0 Å². The average molecular weight is 152 g/mol. The van der Waals surface area contributed by atoms with Crippen LogP contribution in [0.4, 0.5) is 11.6 Å². The lowest BCUT2D eigenvalue weighted by atomic mass is 10.3. The summed E-state index contributed by atoms with van der Waals surface area (Å²) in [6.07, 6.45) is 0.480. The SMILES string of the molecule is Nc1cc2n(n1)CCC(=O)N2. The molecule has 2 rings (SSSR count). The molecule has 0 fully saturated rings. The maximum Gasteiger partial charge on any atom is 0.227 e. The van der Waals surface area contributed by atoms with Gasteiger partial charge in [-0.05, 0) is 0 Å². The van der Waals surface area contributed by atoms with Crippen molar-refractivity contribution in [2.75, 3.05) is 11.1 Å². The summed E-state index contributed by atoms with van der Waals surface area (Å²) in [4.78, 5) is 10.8. The van der Waals surface area contributed by atoms with E-state index in [2.05, 4.69) is 10.4 Å². The fraction of sp³-hybridized carbons (Fsp3) is 0.333. The van der Waals surface area contributed by atoms with E-state index in [-0.39, 0.29) is 5.91 Å². The molecule has 3 N–H and O–H groups in total. The van der Waals surface area contributed by atoms with Crippen molar-refractivity contribution in [2.45, 2.75) is 13.0 Å². The minimum atomic E-state index is 0.0254. The largest absolute Gasteiger partial charge is 0.382 e. The smallest absolute Gasteiger partial charge is 0.227 e. The molecule has 2 heterocycles. The Labute approximate surface area is 63.2 Å². The number of nitrogens with one attached hydrogen (secondary N) is 1. The average Bonchev–Trinajstić information content (AvgIpc) is 2.27. The number of nitrogens with two attached hydrogens (primary N) is 1. The number of fused-ring (bicyclic) bond motifs is 1. The van der Waals surface area contributed by atoms with E-state index in [1.165, 1.54) is 0 Å². The number of carbonyl (C=O) groups is 1. The molecule has 1 aliphatic rings. The Bertz CT molecular complexity index is 304. The normalized spacial score (nSPS) is 15.8. The van der Waals surface area contributed by atoms with Gasteiger partial charge in [-0.2, -0.15) is 5.10 Å². The van der Waals surface area contributed by atoms with Gasteiger partial charge in [0.1, 0.15) is 11.6 Å². The molecule has 5 heteroatoms. The molecule has 0 spiro atoms. The summed E-state index contributed by atoms with van der Waals surface area (Å²) >= 11 is 0. The van der Waals surface area contributed by atoms with E-state index >= 15 is 0 Å². The van der Waals surface area contributed by atoms with Gasteiger partial charge in [-0.1, -0.05) is 0 Å². The summed E-state index contributed by atoms with van der Waals surface area (Å²) in [6.45, 7) is 0.623. The van der Waals surface area contributed by atoms with Crippen molar-refractivity contribution in [3.8, 4) is 0 Å². The van der Waals surface area contributed by atoms with Crippen LogP contribution in [0, 0.1) is 0 Å². The molecule has 0 aliphatic carbocycles. The summed E-state index contributed by atoms with van der Waals surface area (Å²) in [5, 5.41) is 6.63. The number of aromatic nitrogens is 2. The van der Waals surface area contributed by atoms with Crippen LogP contribution < -0.4 is 11.1 Å². The summed E-state index contributed by atoms with van der Waals surface area (Å²) in [6, 6.07) is 1.65. The highest BCUT2D eigenvalue weighted by Gasteiger charge is 2.15. The van der Waals surface area contributed by atoms with E-state index in [4.69, 9.17) is 5.73 Å². The number of carbonyl (C=O) groups excluding carboxylic acids is 1. The molecule has 11 heavy (non-hydrogen) atoms. The Hall–Kier alpha value is -1.52. The standard InChI is InChI=1S/C6H8N4O/c7-4-3-5-8-6(11)1-2-10(5)9-4/h3H,1-2H2,(H2,7,9)(H,8,11). The second kappa shape index (κ2) is 1.98. The molecule has 1 aromatic heterocycles. The highest BCUT2D eigenvalue weighted by Crippen LogP contribution is 2.16. The molecule has 0 radical (unpaired) electrons. The molecule has 0 bridgehead atoms. The van der Waals surface area contributed by atoms with E-state index in [1.807, 2.05) is 0 Å². The Morgan fingerprint density at radius 2 is 2.55 bits per heavy atom. The fourth-order valence-corrected chi connectivity index (χ4v) is 1.12. The summed E-state index contributed by atoms with van der Waals surface area (Å²) < 4.78 is 1.69.